The number of carbonyl (C=O) groups is 3. The van der Waals surface area contributed by atoms with Crippen LogP contribution in [0, 0.1) is 0 Å². The predicted molar refractivity (Wildman–Crippen MR) is 132 cm³/mol. The Morgan fingerprint density at radius 3 is 2.47 bits per heavy atom. The number of imide groups is 1. The molecule has 1 aliphatic rings. The smallest absolute Gasteiger partial charge is 0.319 e. The number of aliphatic hydroxyl groups is 1. The van der Waals surface area contributed by atoms with E-state index in [1.165, 1.54) is 25.3 Å². The van der Waals surface area contributed by atoms with Crippen molar-refractivity contribution in [3.63, 3.8) is 0 Å². The molecule has 2 aromatic rings. The van der Waals surface area contributed by atoms with E-state index in [0.29, 0.717) is 23.7 Å². The van der Waals surface area contributed by atoms with Gasteiger partial charge in [0.15, 0.2) is 11.5 Å². The largest absolute Gasteiger partial charge is 0.493 e. The van der Waals surface area contributed by atoms with Crippen LogP contribution in [-0.2, 0) is 9.84 Å². The maximum absolute atomic E-state index is 13.6. The van der Waals surface area contributed by atoms with E-state index in [2.05, 4.69) is 10.6 Å². The van der Waals surface area contributed by atoms with E-state index in [4.69, 9.17) is 14.6 Å². The summed E-state index contributed by atoms with van der Waals surface area (Å²) in [4.78, 5) is 40.2. The van der Waals surface area contributed by atoms with Crippen LogP contribution in [0.4, 0.5) is 10.5 Å². The summed E-state index contributed by atoms with van der Waals surface area (Å²) in [5, 5.41) is 14.2. The number of ether oxygens (including phenoxy) is 2. The average molecular weight is 520 g/mol. The van der Waals surface area contributed by atoms with Gasteiger partial charge in [-0.25, -0.2) is 13.2 Å². The summed E-state index contributed by atoms with van der Waals surface area (Å²) >= 11 is 0. The highest BCUT2D eigenvalue weighted by atomic mass is 32.2. The molecule has 0 saturated heterocycles. The van der Waals surface area contributed by atoms with Gasteiger partial charge in [-0.05, 0) is 43.7 Å². The van der Waals surface area contributed by atoms with E-state index in [9.17, 15) is 22.8 Å². The number of benzene rings is 2. The summed E-state index contributed by atoms with van der Waals surface area (Å²) in [5.41, 5.74) is 0.429. The molecule has 12 heteroatoms. The van der Waals surface area contributed by atoms with Gasteiger partial charge in [-0.1, -0.05) is 12.1 Å². The summed E-state index contributed by atoms with van der Waals surface area (Å²) in [7, 11) is -2.19. The summed E-state index contributed by atoms with van der Waals surface area (Å²) in [6.07, 6.45) is 1.02. The number of anilines is 1. The molecule has 0 saturated carbocycles. The molecule has 4 amide bonds. The first-order valence-corrected chi connectivity index (χ1v) is 13.2. The molecular formula is C24H29N3O8S. The Morgan fingerprint density at radius 2 is 1.86 bits per heavy atom. The minimum atomic E-state index is -3.65. The van der Waals surface area contributed by atoms with Crippen molar-refractivity contribution in [1.29, 1.82) is 0 Å². The molecule has 36 heavy (non-hydrogen) atoms. The number of rotatable bonds is 10. The molecule has 1 aliphatic heterocycles. The fourth-order valence-electron chi connectivity index (χ4n) is 3.89. The summed E-state index contributed by atoms with van der Waals surface area (Å²) in [5.74, 6) is -1.21. The Hall–Kier alpha value is -3.64. The van der Waals surface area contributed by atoms with Crippen molar-refractivity contribution in [3.05, 3.63) is 53.1 Å². The molecule has 1 unspecified atom stereocenters. The van der Waals surface area contributed by atoms with Gasteiger partial charge in [0, 0.05) is 6.26 Å². The standard InChI is InChI=1S/C24H29N3O8S/c1-5-35-20-11-15(9-10-19(20)34-3)18(13-36(4,32)33)27-22(29)16-7-6-8-17(21(16)23(27)30)26-24(31)25-14(2)12-28/h6-11,14,18,28H,5,12-13H2,1-4H3,(H2,25,26,31)/t14?,18-/m1/s1. The van der Waals surface area contributed by atoms with Gasteiger partial charge >= 0.3 is 6.03 Å². The van der Waals surface area contributed by atoms with E-state index in [-0.39, 0.29) is 23.4 Å². The van der Waals surface area contributed by atoms with Gasteiger partial charge < -0.3 is 25.2 Å². The van der Waals surface area contributed by atoms with Crippen LogP contribution in [0.1, 0.15) is 46.2 Å². The zero-order valence-electron chi connectivity index (χ0n) is 20.4. The molecule has 194 valence electrons. The number of nitrogens with one attached hydrogen (secondary N) is 2. The molecule has 2 aromatic carbocycles. The summed E-state index contributed by atoms with van der Waals surface area (Å²) in [6, 6.07) is 6.73. The minimum absolute atomic E-state index is 0.0325. The second-order valence-electron chi connectivity index (χ2n) is 8.34. The molecule has 0 bridgehead atoms. The summed E-state index contributed by atoms with van der Waals surface area (Å²) in [6.45, 7) is 3.39. The van der Waals surface area contributed by atoms with Gasteiger partial charge in [0.05, 0.1) is 55.0 Å². The molecule has 1 heterocycles. The lowest BCUT2D eigenvalue weighted by atomic mass is 10.1. The Labute approximate surface area is 209 Å². The van der Waals surface area contributed by atoms with E-state index >= 15 is 0 Å². The van der Waals surface area contributed by atoms with Gasteiger partial charge in [0.2, 0.25) is 0 Å². The Balaban J connectivity index is 2.05. The Kier molecular flexibility index (Phi) is 8.21. The van der Waals surface area contributed by atoms with Crippen molar-refractivity contribution in [2.45, 2.75) is 25.9 Å². The van der Waals surface area contributed by atoms with Gasteiger partial charge in [0.1, 0.15) is 9.84 Å². The highest BCUT2D eigenvalue weighted by Gasteiger charge is 2.43. The minimum Gasteiger partial charge on any atom is -0.493 e. The first kappa shape index (κ1) is 27.0. The lowest BCUT2D eigenvalue weighted by Gasteiger charge is -2.27. The van der Waals surface area contributed by atoms with Crippen LogP contribution in [-0.4, -0.2) is 74.6 Å². The van der Waals surface area contributed by atoms with Crippen molar-refractivity contribution < 1.29 is 37.4 Å². The predicted octanol–water partition coefficient (Wildman–Crippen LogP) is 1.98. The highest BCUT2D eigenvalue weighted by Crippen LogP contribution is 2.38. The van der Waals surface area contributed by atoms with E-state index in [0.717, 1.165) is 11.2 Å². The summed E-state index contributed by atoms with van der Waals surface area (Å²) < 4.78 is 35.6. The number of hydrogen-bond donors (Lipinski definition) is 3. The van der Waals surface area contributed by atoms with Gasteiger partial charge in [-0.2, -0.15) is 0 Å². The molecule has 11 nitrogen and oxygen atoms in total. The monoisotopic (exact) mass is 519 g/mol. The molecule has 0 radical (unpaired) electrons. The van der Waals surface area contributed by atoms with Gasteiger partial charge in [0.25, 0.3) is 11.8 Å². The third-order valence-electron chi connectivity index (χ3n) is 5.49. The van der Waals surface area contributed by atoms with E-state index in [1.807, 2.05) is 0 Å². The van der Waals surface area contributed by atoms with Crippen LogP contribution in [0.2, 0.25) is 0 Å². The molecule has 0 aromatic heterocycles. The van der Waals surface area contributed by atoms with Crippen molar-refractivity contribution in [2.75, 3.05) is 37.6 Å². The SMILES string of the molecule is CCOc1cc([C@@H](CS(C)(=O)=O)N2C(=O)c3cccc(NC(=O)NC(C)CO)c3C2=O)ccc1OC. The van der Waals surface area contributed by atoms with E-state index < -0.39 is 45.5 Å². The first-order chi connectivity index (χ1) is 17.0. The molecule has 0 fully saturated rings. The molecule has 3 N–H and O–H groups in total. The quantitative estimate of drug-likeness (QED) is 0.403. The third kappa shape index (κ3) is 5.77. The van der Waals surface area contributed by atoms with E-state index in [1.54, 1.807) is 32.0 Å². The fraction of sp³-hybridized carbons (Fsp3) is 0.375. The van der Waals surface area contributed by atoms with Crippen molar-refractivity contribution in [1.82, 2.24) is 10.2 Å². The zero-order chi connectivity index (χ0) is 26.6. The number of urea groups is 1. The second-order valence-corrected chi connectivity index (χ2v) is 10.5. The molecular weight excluding hydrogens is 490 g/mol. The third-order valence-corrected chi connectivity index (χ3v) is 6.41. The van der Waals surface area contributed by atoms with Crippen LogP contribution in [0.5, 0.6) is 11.5 Å². The second kappa shape index (κ2) is 11.0. The van der Waals surface area contributed by atoms with Crippen molar-refractivity contribution in [2.24, 2.45) is 0 Å². The Bertz CT molecular complexity index is 1280. The zero-order valence-corrected chi connectivity index (χ0v) is 21.2. The number of sulfone groups is 1. The fourth-order valence-corrected chi connectivity index (χ4v) is 4.81. The van der Waals surface area contributed by atoms with Gasteiger partial charge in [-0.3, -0.25) is 14.5 Å². The highest BCUT2D eigenvalue weighted by molar-refractivity contribution is 7.90. The first-order valence-electron chi connectivity index (χ1n) is 11.2. The normalized spacial score (nSPS) is 14.8. The van der Waals surface area contributed by atoms with Crippen LogP contribution < -0.4 is 20.1 Å². The Morgan fingerprint density at radius 1 is 1.14 bits per heavy atom. The molecule has 3 rings (SSSR count). The topological polar surface area (TPSA) is 151 Å². The van der Waals surface area contributed by atoms with Crippen molar-refractivity contribution >= 4 is 33.4 Å². The number of fused-ring (bicyclic) bond motifs is 1. The lowest BCUT2D eigenvalue weighted by molar-refractivity contribution is 0.0597. The number of nitrogens with zero attached hydrogens (tertiary/aromatic N) is 1. The molecule has 2 atom stereocenters. The van der Waals surface area contributed by atoms with Crippen LogP contribution >= 0.6 is 0 Å². The number of hydrogen-bond acceptors (Lipinski definition) is 8. The average Bonchev–Trinajstić information content (AvgIpc) is 3.07. The number of amides is 4. The lowest BCUT2D eigenvalue weighted by Crippen LogP contribution is -2.39. The van der Waals surface area contributed by atoms with Crippen LogP contribution in [0.3, 0.4) is 0 Å². The van der Waals surface area contributed by atoms with Crippen LogP contribution in [0.25, 0.3) is 0 Å². The van der Waals surface area contributed by atoms with Gasteiger partial charge in [-0.15, -0.1) is 0 Å². The number of aliphatic hydroxyl groups excluding tert-OH is 1. The maximum Gasteiger partial charge on any atom is 0.319 e. The van der Waals surface area contributed by atoms with Crippen LogP contribution in [0.15, 0.2) is 36.4 Å². The molecule has 0 spiro atoms. The van der Waals surface area contributed by atoms with Crippen molar-refractivity contribution in [3.8, 4) is 11.5 Å². The number of carbonyl (C=O) groups excluding carboxylic acids is 3. The maximum atomic E-state index is 13.6. The number of methoxy groups -OCH3 is 1. The molecule has 0 aliphatic carbocycles.